The molecule has 4 fully saturated rings. The Hall–Kier alpha value is -1.92. The van der Waals surface area contributed by atoms with E-state index < -0.39 is 23.0 Å². The van der Waals surface area contributed by atoms with Crippen LogP contribution in [0.15, 0.2) is 31.1 Å². The number of esters is 1. The molecule has 8 atom stereocenters. The Morgan fingerprint density at radius 1 is 1.24 bits per heavy atom. The molecule has 6 nitrogen and oxygen atoms in total. The van der Waals surface area contributed by atoms with Gasteiger partial charge in [-0.05, 0) is 80.5 Å². The third kappa shape index (κ3) is 4.32. The minimum absolute atomic E-state index is 0.0238. The molecule has 1 aliphatic heterocycles. The number of ketones is 1. The summed E-state index contributed by atoms with van der Waals surface area (Å²) in [6.07, 6.45) is 11.0. The SMILES string of the molecule is C=C[C@]1(C)C[C@@H](OC(=O)Cn2ccc(CN3CCCC3)c2)[C@@]2(C)[C@@H]3C(=O)CC[C@@]3(CC[C@@H]2C)[C@@H](C)[C@@H]1O. The summed E-state index contributed by atoms with van der Waals surface area (Å²) in [5, 5.41) is 11.7. The largest absolute Gasteiger partial charge is 0.460 e. The molecular formula is C31H46N2O4. The molecule has 2 bridgehead atoms. The van der Waals surface area contributed by atoms with Crippen molar-refractivity contribution < 1.29 is 19.4 Å². The van der Waals surface area contributed by atoms with Crippen LogP contribution >= 0.6 is 0 Å². The molecule has 37 heavy (non-hydrogen) atoms. The predicted octanol–water partition coefficient (Wildman–Crippen LogP) is 4.99. The number of nitrogens with zero attached hydrogens (tertiary/aromatic N) is 2. The fraction of sp³-hybridized carbons (Fsp3) is 0.742. The third-order valence-electron chi connectivity index (χ3n) is 11.3. The zero-order chi connectivity index (χ0) is 26.6. The van der Waals surface area contributed by atoms with Crippen molar-refractivity contribution in [3.05, 3.63) is 36.7 Å². The van der Waals surface area contributed by atoms with Crippen LogP contribution in [-0.2, 0) is 27.4 Å². The number of carbonyl (C=O) groups is 2. The Morgan fingerprint density at radius 2 is 1.97 bits per heavy atom. The molecule has 2 heterocycles. The van der Waals surface area contributed by atoms with Crippen molar-refractivity contribution in [3.63, 3.8) is 0 Å². The first kappa shape index (κ1) is 26.7. The van der Waals surface area contributed by atoms with Gasteiger partial charge in [-0.3, -0.25) is 14.5 Å². The second-order valence-corrected chi connectivity index (χ2v) is 13.2. The van der Waals surface area contributed by atoms with Crippen LogP contribution < -0.4 is 0 Å². The first-order valence-electron chi connectivity index (χ1n) is 14.4. The summed E-state index contributed by atoms with van der Waals surface area (Å²) < 4.78 is 8.30. The van der Waals surface area contributed by atoms with Gasteiger partial charge in [-0.2, -0.15) is 0 Å². The number of aliphatic hydroxyl groups excluding tert-OH is 1. The number of rotatable bonds is 6. The van der Waals surface area contributed by atoms with E-state index in [0.29, 0.717) is 12.8 Å². The molecule has 1 aromatic heterocycles. The second-order valence-electron chi connectivity index (χ2n) is 13.2. The molecule has 1 aromatic rings. The molecule has 0 spiro atoms. The Balaban J connectivity index is 1.42. The van der Waals surface area contributed by atoms with Crippen molar-refractivity contribution in [3.8, 4) is 0 Å². The predicted molar refractivity (Wildman–Crippen MR) is 144 cm³/mol. The monoisotopic (exact) mass is 510 g/mol. The summed E-state index contributed by atoms with van der Waals surface area (Å²) in [4.78, 5) is 29.4. The highest BCUT2D eigenvalue weighted by Gasteiger charge is 2.68. The van der Waals surface area contributed by atoms with Gasteiger partial charge in [0.25, 0.3) is 0 Å². The van der Waals surface area contributed by atoms with E-state index in [0.717, 1.165) is 38.9 Å². The first-order chi connectivity index (χ1) is 17.5. The number of aromatic nitrogens is 1. The lowest BCUT2D eigenvalue weighted by molar-refractivity contribution is -0.207. The standard InChI is InChI=1S/C31H46N2O4/c1-6-29(4)17-25(37-26(35)20-33-16-11-23(19-33)18-32-14-7-8-15-32)30(5)21(2)9-12-31(22(3)28(29)36)13-10-24(34)27(30)31/h6,11,16,19,21-22,25,27-28,36H,1,7-10,12-15,17-18,20H2,2-5H3/t21-,22-,25+,27-,28-,29+,30-,31-/m0/s1. The van der Waals surface area contributed by atoms with E-state index in [9.17, 15) is 14.7 Å². The van der Waals surface area contributed by atoms with Gasteiger partial charge in [-0.25, -0.2) is 0 Å². The fourth-order valence-corrected chi connectivity index (χ4v) is 8.73. The van der Waals surface area contributed by atoms with E-state index in [4.69, 9.17) is 4.74 Å². The number of likely N-dealkylation sites (tertiary alicyclic amines) is 1. The lowest BCUT2D eigenvalue weighted by atomic mass is 9.44. The minimum atomic E-state index is -0.643. The highest BCUT2D eigenvalue weighted by molar-refractivity contribution is 5.85. The first-order valence-corrected chi connectivity index (χ1v) is 14.4. The quantitative estimate of drug-likeness (QED) is 0.431. The van der Waals surface area contributed by atoms with Gasteiger partial charge in [-0.15, -0.1) is 6.58 Å². The van der Waals surface area contributed by atoms with Gasteiger partial charge in [0.1, 0.15) is 18.4 Å². The van der Waals surface area contributed by atoms with Crippen LogP contribution in [0, 0.1) is 34.0 Å². The third-order valence-corrected chi connectivity index (χ3v) is 11.3. The van der Waals surface area contributed by atoms with Crippen molar-refractivity contribution in [2.75, 3.05) is 13.1 Å². The van der Waals surface area contributed by atoms with Gasteiger partial charge in [-0.1, -0.05) is 33.8 Å². The van der Waals surface area contributed by atoms with Gasteiger partial charge in [0.05, 0.1) is 6.10 Å². The van der Waals surface area contributed by atoms with Crippen LogP contribution in [0.4, 0.5) is 0 Å². The van der Waals surface area contributed by atoms with Crippen molar-refractivity contribution in [1.82, 2.24) is 9.47 Å². The maximum absolute atomic E-state index is 13.5. The van der Waals surface area contributed by atoms with E-state index >= 15 is 0 Å². The molecule has 204 valence electrons. The Labute approximate surface area is 222 Å². The van der Waals surface area contributed by atoms with E-state index in [-0.39, 0.29) is 41.5 Å². The van der Waals surface area contributed by atoms with Crippen molar-refractivity contribution >= 4 is 11.8 Å². The van der Waals surface area contributed by atoms with Crippen LogP contribution in [0.25, 0.3) is 0 Å². The summed E-state index contributed by atoms with van der Waals surface area (Å²) in [6, 6.07) is 2.09. The average Bonchev–Trinajstić information content (AvgIpc) is 3.61. The van der Waals surface area contributed by atoms with Crippen LogP contribution in [0.1, 0.15) is 78.2 Å². The Morgan fingerprint density at radius 3 is 2.68 bits per heavy atom. The molecule has 0 aromatic carbocycles. The van der Waals surface area contributed by atoms with Crippen molar-refractivity contribution in [1.29, 1.82) is 0 Å². The van der Waals surface area contributed by atoms with Crippen molar-refractivity contribution in [2.24, 2.45) is 34.0 Å². The van der Waals surface area contributed by atoms with Gasteiger partial charge in [0, 0.05) is 42.1 Å². The van der Waals surface area contributed by atoms with Crippen LogP contribution in [0.5, 0.6) is 0 Å². The van der Waals surface area contributed by atoms with E-state index in [1.54, 1.807) is 0 Å². The smallest absolute Gasteiger partial charge is 0.326 e. The summed E-state index contributed by atoms with van der Waals surface area (Å²) in [5.74, 6) is 0.0235. The Bertz CT molecular complexity index is 1040. The number of aliphatic hydroxyl groups is 1. The summed E-state index contributed by atoms with van der Waals surface area (Å²) in [6.45, 7) is 16.0. The molecule has 0 amide bonds. The van der Waals surface area contributed by atoms with E-state index in [1.165, 1.54) is 18.4 Å². The zero-order valence-electron chi connectivity index (χ0n) is 23.2. The average molecular weight is 511 g/mol. The lowest BCUT2D eigenvalue weighted by Gasteiger charge is -2.61. The van der Waals surface area contributed by atoms with Gasteiger partial charge in [0.15, 0.2) is 0 Å². The van der Waals surface area contributed by atoms with Crippen LogP contribution in [0.2, 0.25) is 0 Å². The second kappa shape index (κ2) is 9.68. The summed E-state index contributed by atoms with van der Waals surface area (Å²) in [5.41, 5.74) is -0.121. The number of carbonyl (C=O) groups excluding carboxylic acids is 2. The molecule has 0 radical (unpaired) electrons. The summed E-state index contributed by atoms with van der Waals surface area (Å²) >= 11 is 0. The lowest BCUT2D eigenvalue weighted by Crippen LogP contribution is -2.63. The highest BCUT2D eigenvalue weighted by atomic mass is 16.5. The molecule has 3 aliphatic carbocycles. The van der Waals surface area contributed by atoms with E-state index in [1.807, 2.05) is 30.0 Å². The molecule has 1 saturated heterocycles. The molecule has 6 heteroatoms. The van der Waals surface area contributed by atoms with Gasteiger partial charge >= 0.3 is 5.97 Å². The van der Waals surface area contributed by atoms with Crippen molar-refractivity contribution in [2.45, 2.75) is 97.9 Å². The fourth-order valence-electron chi connectivity index (χ4n) is 8.73. The topological polar surface area (TPSA) is 71.8 Å². The van der Waals surface area contributed by atoms with Crippen LogP contribution in [0.3, 0.4) is 0 Å². The Kier molecular flexibility index (Phi) is 6.98. The molecule has 4 aliphatic rings. The number of Topliss-reactive ketones (excluding diaryl/α,β-unsaturated/α-hetero) is 1. The number of hydrogen-bond acceptors (Lipinski definition) is 5. The number of hydrogen-bond donors (Lipinski definition) is 1. The molecule has 3 saturated carbocycles. The molecule has 0 unspecified atom stereocenters. The van der Waals surface area contributed by atoms with Gasteiger partial charge < -0.3 is 14.4 Å². The normalized spacial score (nSPS) is 42.2. The maximum Gasteiger partial charge on any atom is 0.326 e. The number of ether oxygens (including phenoxy) is 1. The molecule has 5 rings (SSSR count). The zero-order valence-corrected chi connectivity index (χ0v) is 23.2. The van der Waals surface area contributed by atoms with E-state index in [2.05, 4.69) is 38.3 Å². The highest BCUT2D eigenvalue weighted by Crippen LogP contribution is 2.68. The molecule has 1 N–H and O–H groups in total. The summed E-state index contributed by atoms with van der Waals surface area (Å²) in [7, 11) is 0. The van der Waals surface area contributed by atoms with Crippen LogP contribution in [-0.4, -0.2) is 51.6 Å². The minimum Gasteiger partial charge on any atom is -0.460 e. The molecular weight excluding hydrogens is 464 g/mol. The maximum atomic E-state index is 13.5. The van der Waals surface area contributed by atoms with Gasteiger partial charge in [0.2, 0.25) is 0 Å².